The summed E-state index contributed by atoms with van der Waals surface area (Å²) in [5.74, 6) is 0.641. The van der Waals surface area contributed by atoms with Gasteiger partial charge in [0.1, 0.15) is 11.5 Å². The number of carbonyl (C=O) groups is 1. The van der Waals surface area contributed by atoms with Gasteiger partial charge in [-0.15, -0.1) is 11.3 Å². The molecular weight excluding hydrogens is 396 g/mol. The first kappa shape index (κ1) is 20.0. The summed E-state index contributed by atoms with van der Waals surface area (Å²) in [6.07, 6.45) is 2.93. The number of rotatable bonds is 6. The van der Waals surface area contributed by atoms with Crippen molar-refractivity contribution < 1.29 is 19.2 Å². The second kappa shape index (κ2) is 8.53. The number of hydrogen-bond acceptors (Lipinski definition) is 7. The molecule has 9 heteroatoms. The number of non-ortho nitro benzene ring substituents is 1. The Morgan fingerprint density at radius 1 is 1.10 bits per heavy atom. The van der Waals surface area contributed by atoms with E-state index < -0.39 is 4.92 Å². The second-order valence-electron chi connectivity index (χ2n) is 5.89. The lowest BCUT2D eigenvalue weighted by Crippen LogP contribution is -2.20. The molecule has 0 unspecified atom stereocenters. The van der Waals surface area contributed by atoms with E-state index in [1.165, 1.54) is 32.4 Å². The molecule has 3 aromatic rings. The number of H-pyrrole nitrogens is 1. The van der Waals surface area contributed by atoms with E-state index in [1.807, 2.05) is 0 Å². The van der Waals surface area contributed by atoms with Gasteiger partial charge in [-0.3, -0.25) is 19.7 Å². The van der Waals surface area contributed by atoms with Gasteiger partial charge in [0.25, 0.3) is 11.2 Å². The highest BCUT2D eigenvalue weighted by Gasteiger charge is 2.09. The third-order valence-corrected chi connectivity index (χ3v) is 4.94. The van der Waals surface area contributed by atoms with Crippen molar-refractivity contribution in [3.63, 3.8) is 0 Å². The number of carbonyl (C=O) groups excluding carboxylic acids is 1. The highest BCUT2D eigenvalue weighted by molar-refractivity contribution is 7.07. The highest BCUT2D eigenvalue weighted by Crippen LogP contribution is 2.23. The maximum atomic E-state index is 12.6. The maximum Gasteiger partial charge on any atom is 0.269 e. The van der Waals surface area contributed by atoms with Crippen LogP contribution < -0.4 is 24.2 Å². The Labute approximate surface area is 168 Å². The van der Waals surface area contributed by atoms with E-state index in [0.717, 1.165) is 11.3 Å². The summed E-state index contributed by atoms with van der Waals surface area (Å²) in [4.78, 5) is 37.6. The normalized spacial score (nSPS) is 12.1. The minimum Gasteiger partial charge on any atom is -0.497 e. The summed E-state index contributed by atoms with van der Waals surface area (Å²) in [6.45, 7) is 0. The second-order valence-corrected chi connectivity index (χ2v) is 6.97. The molecule has 3 rings (SSSR count). The van der Waals surface area contributed by atoms with Crippen molar-refractivity contribution >= 4 is 35.0 Å². The van der Waals surface area contributed by atoms with Crippen molar-refractivity contribution in [1.82, 2.24) is 4.98 Å². The predicted molar refractivity (Wildman–Crippen MR) is 109 cm³/mol. The summed E-state index contributed by atoms with van der Waals surface area (Å²) in [6, 6.07) is 10.6. The minimum absolute atomic E-state index is 0.0319. The van der Waals surface area contributed by atoms with E-state index >= 15 is 0 Å². The van der Waals surface area contributed by atoms with Gasteiger partial charge >= 0.3 is 0 Å². The van der Waals surface area contributed by atoms with Crippen LogP contribution in [0.1, 0.15) is 15.9 Å². The molecule has 0 bridgehead atoms. The van der Waals surface area contributed by atoms with Crippen LogP contribution in [0.25, 0.3) is 12.2 Å². The molecule has 2 aromatic carbocycles. The fourth-order valence-corrected chi connectivity index (χ4v) is 3.41. The minimum atomic E-state index is -0.492. The highest BCUT2D eigenvalue weighted by atomic mass is 32.1. The number of benzene rings is 2. The number of nitrogens with one attached hydrogen (secondary N) is 1. The van der Waals surface area contributed by atoms with Crippen LogP contribution in [-0.2, 0) is 0 Å². The van der Waals surface area contributed by atoms with Crippen molar-refractivity contribution in [2.24, 2.45) is 0 Å². The van der Waals surface area contributed by atoms with Crippen molar-refractivity contribution in [2.45, 2.75) is 0 Å². The lowest BCUT2D eigenvalue weighted by molar-refractivity contribution is -0.384. The van der Waals surface area contributed by atoms with Crippen molar-refractivity contribution in [3.05, 3.63) is 83.3 Å². The number of aromatic nitrogens is 1. The zero-order chi connectivity index (χ0) is 21.0. The number of nitro benzene ring substituents is 1. The van der Waals surface area contributed by atoms with Crippen LogP contribution in [-0.4, -0.2) is 29.9 Å². The van der Waals surface area contributed by atoms with Crippen LogP contribution in [0.4, 0.5) is 5.69 Å². The van der Waals surface area contributed by atoms with Gasteiger partial charge in [-0.1, -0.05) is 0 Å². The molecule has 0 saturated carbocycles. The smallest absolute Gasteiger partial charge is 0.269 e. The monoisotopic (exact) mass is 412 g/mol. The van der Waals surface area contributed by atoms with Gasteiger partial charge in [-0.25, -0.2) is 0 Å². The molecule has 1 aromatic heterocycles. The summed E-state index contributed by atoms with van der Waals surface area (Å²) >= 11 is 1.11. The summed E-state index contributed by atoms with van der Waals surface area (Å²) < 4.78 is 11.1. The summed E-state index contributed by atoms with van der Waals surface area (Å²) in [5, 5.41) is 10.7. The first-order valence-corrected chi connectivity index (χ1v) is 9.15. The molecule has 1 heterocycles. The number of hydrogen-bond donors (Lipinski definition) is 1. The van der Waals surface area contributed by atoms with Gasteiger partial charge in [0, 0.05) is 29.8 Å². The first-order chi connectivity index (χ1) is 13.9. The molecule has 8 nitrogen and oxygen atoms in total. The number of ketones is 1. The van der Waals surface area contributed by atoms with Crippen molar-refractivity contribution in [2.75, 3.05) is 14.2 Å². The summed E-state index contributed by atoms with van der Waals surface area (Å²) in [7, 11) is 2.98. The van der Waals surface area contributed by atoms with Crippen molar-refractivity contribution in [3.8, 4) is 11.5 Å². The van der Waals surface area contributed by atoms with E-state index in [4.69, 9.17) is 9.47 Å². The van der Waals surface area contributed by atoms with Crippen LogP contribution in [0.5, 0.6) is 11.5 Å². The van der Waals surface area contributed by atoms with Gasteiger partial charge in [-0.05, 0) is 35.9 Å². The Morgan fingerprint density at radius 3 is 2.28 bits per heavy atom. The molecule has 1 N–H and O–H groups in total. The van der Waals surface area contributed by atoms with Crippen LogP contribution in [0.3, 0.4) is 0 Å². The Hall–Kier alpha value is -3.72. The molecule has 29 heavy (non-hydrogen) atoms. The molecule has 0 aliphatic rings. The third-order valence-electron chi connectivity index (χ3n) is 3.98. The van der Waals surface area contributed by atoms with E-state index in [-0.39, 0.29) is 17.0 Å². The summed E-state index contributed by atoms with van der Waals surface area (Å²) in [5.41, 5.74) is 0.612. The Balaban J connectivity index is 1.95. The number of nitrogens with zero attached hydrogens (tertiary/aromatic N) is 1. The van der Waals surface area contributed by atoms with Crippen LogP contribution in [0.2, 0.25) is 0 Å². The molecule has 148 valence electrons. The fraction of sp³-hybridized carbons (Fsp3) is 0.100. The average molecular weight is 412 g/mol. The quantitative estimate of drug-likeness (QED) is 0.376. The maximum absolute atomic E-state index is 12.6. The number of methoxy groups -OCH3 is 2. The van der Waals surface area contributed by atoms with Gasteiger partial charge in [0.2, 0.25) is 0 Å². The van der Waals surface area contributed by atoms with Gasteiger partial charge in [0.05, 0.1) is 28.3 Å². The largest absolute Gasteiger partial charge is 0.497 e. The Bertz CT molecular complexity index is 1220. The number of Topliss-reactive ketones (excluding diaryl/α,β-unsaturated/α-hetero) is 1. The van der Waals surface area contributed by atoms with E-state index in [1.54, 1.807) is 36.4 Å². The molecule has 0 saturated heterocycles. The Morgan fingerprint density at radius 2 is 1.72 bits per heavy atom. The van der Waals surface area contributed by atoms with Gasteiger partial charge in [-0.2, -0.15) is 0 Å². The topological polar surface area (TPSA) is 112 Å². The predicted octanol–water partition coefficient (Wildman–Crippen LogP) is 1.85. The SMILES string of the molecule is COc1cc(OC)cc(C(=O)C=c2[nH]c(=O)c(=Cc3ccc([N+](=O)[O-])cc3)s2)c1. The first-order valence-electron chi connectivity index (χ1n) is 8.34. The van der Waals surface area contributed by atoms with Crippen molar-refractivity contribution in [1.29, 1.82) is 0 Å². The Kier molecular flexibility index (Phi) is 5.89. The molecule has 0 fully saturated rings. The number of ether oxygens (including phenoxy) is 2. The number of nitro groups is 1. The number of thiazole rings is 1. The van der Waals surface area contributed by atoms with E-state index in [0.29, 0.717) is 31.8 Å². The molecule has 0 amide bonds. The number of aromatic amines is 1. The van der Waals surface area contributed by atoms with Crippen LogP contribution in [0, 0.1) is 10.1 Å². The van der Waals surface area contributed by atoms with Gasteiger partial charge < -0.3 is 14.5 Å². The van der Waals surface area contributed by atoms with E-state index in [9.17, 15) is 19.7 Å². The zero-order valence-electron chi connectivity index (χ0n) is 15.5. The molecule has 0 aliphatic heterocycles. The molecule has 0 aliphatic carbocycles. The van der Waals surface area contributed by atoms with Crippen LogP contribution in [0.15, 0.2) is 47.3 Å². The average Bonchev–Trinajstić information content (AvgIpc) is 3.06. The standard InChI is InChI=1S/C20H16N2O6S/c1-27-15-8-13(9-16(10-15)28-2)17(23)11-19-21-20(24)18(29-19)7-12-3-5-14(6-4-12)22(25)26/h3-11H,1-2H3,(H,21,24). The molecular formula is C20H16N2O6S. The lowest BCUT2D eigenvalue weighted by atomic mass is 10.1. The zero-order valence-corrected chi connectivity index (χ0v) is 16.3. The fourth-order valence-electron chi connectivity index (χ4n) is 2.52. The molecule has 0 spiro atoms. The van der Waals surface area contributed by atoms with Gasteiger partial charge in [0.15, 0.2) is 5.78 Å². The molecule has 0 atom stereocenters. The lowest BCUT2D eigenvalue weighted by Gasteiger charge is -2.06. The third kappa shape index (κ3) is 4.77. The van der Waals surface area contributed by atoms with Crippen LogP contribution >= 0.6 is 11.3 Å². The van der Waals surface area contributed by atoms with E-state index in [2.05, 4.69) is 4.98 Å². The molecule has 0 radical (unpaired) electrons.